The molecule has 0 spiro atoms. The molecule has 108 valence electrons. The summed E-state index contributed by atoms with van der Waals surface area (Å²) >= 11 is 5.91. The van der Waals surface area contributed by atoms with E-state index >= 15 is 0 Å². The number of likely N-dealkylation sites (tertiary alicyclic amines) is 1. The molecule has 3 N–H and O–H groups in total. The average molecular weight is 298 g/mol. The number of para-hydroxylation sites is 1. The lowest BCUT2D eigenvalue weighted by molar-refractivity contribution is 0.0789. The SMILES string of the molecule is COC(=O)NC1CCN(C(=O)c2cccc(Cl)c2N)C1. The zero-order chi connectivity index (χ0) is 14.7. The molecule has 0 aromatic heterocycles. The van der Waals surface area contributed by atoms with Gasteiger partial charge in [-0.05, 0) is 18.6 Å². The zero-order valence-corrected chi connectivity index (χ0v) is 11.8. The molecule has 2 rings (SSSR count). The van der Waals surface area contributed by atoms with Gasteiger partial charge in [0.25, 0.3) is 5.91 Å². The molecule has 1 fully saturated rings. The standard InChI is InChI=1S/C13H16ClN3O3/c1-20-13(19)16-8-5-6-17(7-8)12(18)9-3-2-4-10(14)11(9)15/h2-4,8H,5-7,15H2,1H3,(H,16,19). The van der Waals surface area contributed by atoms with Crippen molar-refractivity contribution in [1.29, 1.82) is 0 Å². The first kappa shape index (κ1) is 14.5. The molecule has 1 saturated heterocycles. The fraction of sp³-hybridized carbons (Fsp3) is 0.385. The summed E-state index contributed by atoms with van der Waals surface area (Å²) in [5.74, 6) is -0.181. The van der Waals surface area contributed by atoms with Crippen molar-refractivity contribution >= 4 is 29.3 Å². The molecular formula is C13H16ClN3O3. The van der Waals surface area contributed by atoms with Crippen LogP contribution in [0.15, 0.2) is 18.2 Å². The van der Waals surface area contributed by atoms with E-state index in [0.717, 1.165) is 0 Å². The lowest BCUT2D eigenvalue weighted by Crippen LogP contribution is -2.38. The van der Waals surface area contributed by atoms with Gasteiger partial charge in [-0.1, -0.05) is 17.7 Å². The van der Waals surface area contributed by atoms with Crippen LogP contribution in [-0.4, -0.2) is 43.1 Å². The number of hydrogen-bond donors (Lipinski definition) is 2. The predicted molar refractivity (Wildman–Crippen MR) is 75.7 cm³/mol. The summed E-state index contributed by atoms with van der Waals surface area (Å²) in [4.78, 5) is 25.1. The van der Waals surface area contributed by atoms with Crippen molar-refractivity contribution in [2.75, 3.05) is 25.9 Å². The van der Waals surface area contributed by atoms with E-state index < -0.39 is 6.09 Å². The fourth-order valence-corrected chi connectivity index (χ4v) is 2.36. The number of benzene rings is 1. The zero-order valence-electron chi connectivity index (χ0n) is 11.1. The first-order valence-corrected chi connectivity index (χ1v) is 6.58. The molecule has 1 aliphatic heterocycles. The number of nitrogen functional groups attached to an aromatic ring is 1. The topological polar surface area (TPSA) is 84.7 Å². The largest absolute Gasteiger partial charge is 0.453 e. The Morgan fingerprint density at radius 3 is 2.95 bits per heavy atom. The first-order valence-electron chi connectivity index (χ1n) is 6.20. The maximum Gasteiger partial charge on any atom is 0.407 e. The maximum atomic E-state index is 12.4. The lowest BCUT2D eigenvalue weighted by atomic mass is 10.1. The molecule has 1 unspecified atom stereocenters. The molecule has 1 aromatic carbocycles. The minimum Gasteiger partial charge on any atom is -0.453 e. The van der Waals surface area contributed by atoms with Crippen LogP contribution in [0.5, 0.6) is 0 Å². The van der Waals surface area contributed by atoms with Gasteiger partial charge in [0.2, 0.25) is 0 Å². The number of anilines is 1. The summed E-state index contributed by atoms with van der Waals surface area (Å²) in [5.41, 5.74) is 6.49. The minimum atomic E-state index is -0.494. The Labute approximate surface area is 121 Å². The Hall–Kier alpha value is -1.95. The average Bonchev–Trinajstić information content (AvgIpc) is 2.89. The second-order valence-corrected chi connectivity index (χ2v) is 4.98. The number of nitrogens with zero attached hydrogens (tertiary/aromatic N) is 1. The molecule has 0 radical (unpaired) electrons. The maximum absolute atomic E-state index is 12.4. The number of alkyl carbamates (subject to hydrolysis) is 1. The second kappa shape index (κ2) is 6.00. The van der Waals surface area contributed by atoms with Gasteiger partial charge < -0.3 is 20.7 Å². The van der Waals surface area contributed by atoms with Crippen LogP contribution in [-0.2, 0) is 4.74 Å². The third-order valence-corrected chi connectivity index (χ3v) is 3.60. The van der Waals surface area contributed by atoms with Crippen LogP contribution in [0.1, 0.15) is 16.8 Å². The van der Waals surface area contributed by atoms with Crippen LogP contribution < -0.4 is 11.1 Å². The Morgan fingerprint density at radius 1 is 1.50 bits per heavy atom. The van der Waals surface area contributed by atoms with Crippen molar-refractivity contribution < 1.29 is 14.3 Å². The van der Waals surface area contributed by atoms with Crippen molar-refractivity contribution in [3.05, 3.63) is 28.8 Å². The molecule has 0 saturated carbocycles. The Balaban J connectivity index is 2.04. The van der Waals surface area contributed by atoms with Gasteiger partial charge in [0.05, 0.1) is 29.4 Å². The minimum absolute atomic E-state index is 0.105. The van der Waals surface area contributed by atoms with Crippen molar-refractivity contribution in [2.24, 2.45) is 0 Å². The molecule has 1 aliphatic rings. The molecule has 7 heteroatoms. The van der Waals surface area contributed by atoms with E-state index in [0.29, 0.717) is 30.1 Å². The Bertz CT molecular complexity index is 536. The predicted octanol–water partition coefficient (Wildman–Crippen LogP) is 1.49. The number of rotatable bonds is 2. The van der Waals surface area contributed by atoms with Crippen molar-refractivity contribution in [2.45, 2.75) is 12.5 Å². The van der Waals surface area contributed by atoms with Crippen molar-refractivity contribution in [3.8, 4) is 0 Å². The quantitative estimate of drug-likeness (QED) is 0.810. The summed E-state index contributed by atoms with van der Waals surface area (Å²) in [6.07, 6.45) is 0.188. The lowest BCUT2D eigenvalue weighted by Gasteiger charge is -2.18. The number of methoxy groups -OCH3 is 1. The smallest absolute Gasteiger partial charge is 0.407 e. The van der Waals surface area contributed by atoms with Crippen LogP contribution in [0.4, 0.5) is 10.5 Å². The summed E-state index contributed by atoms with van der Waals surface area (Å²) in [6.45, 7) is 0.985. The number of carbonyl (C=O) groups is 2. The van der Waals surface area contributed by atoms with Crippen LogP contribution in [0.2, 0.25) is 5.02 Å². The number of hydrogen-bond acceptors (Lipinski definition) is 4. The van der Waals surface area contributed by atoms with Gasteiger partial charge in [0.15, 0.2) is 0 Å². The number of nitrogens with two attached hydrogens (primary N) is 1. The van der Waals surface area contributed by atoms with Gasteiger partial charge >= 0.3 is 6.09 Å². The molecule has 2 amide bonds. The highest BCUT2D eigenvalue weighted by molar-refractivity contribution is 6.33. The molecule has 1 aromatic rings. The normalized spacial score (nSPS) is 17.9. The summed E-state index contributed by atoms with van der Waals surface area (Å²) in [6, 6.07) is 4.86. The van der Waals surface area contributed by atoms with Crippen molar-refractivity contribution in [1.82, 2.24) is 10.2 Å². The molecule has 0 bridgehead atoms. The third-order valence-electron chi connectivity index (χ3n) is 3.27. The number of nitrogens with one attached hydrogen (secondary N) is 1. The highest BCUT2D eigenvalue weighted by Crippen LogP contribution is 2.24. The van der Waals surface area contributed by atoms with E-state index in [-0.39, 0.29) is 17.6 Å². The Morgan fingerprint density at radius 2 is 2.25 bits per heavy atom. The Kier molecular flexibility index (Phi) is 4.34. The first-order chi connectivity index (χ1) is 9.52. The third kappa shape index (κ3) is 2.96. The molecule has 1 heterocycles. The number of ether oxygens (including phenoxy) is 1. The van der Waals surface area contributed by atoms with E-state index in [1.54, 1.807) is 23.1 Å². The van der Waals surface area contributed by atoms with Gasteiger partial charge in [-0.15, -0.1) is 0 Å². The van der Waals surface area contributed by atoms with E-state index in [9.17, 15) is 9.59 Å². The monoisotopic (exact) mass is 297 g/mol. The van der Waals surface area contributed by atoms with Crippen LogP contribution in [0.3, 0.4) is 0 Å². The van der Waals surface area contributed by atoms with Gasteiger partial charge in [0.1, 0.15) is 0 Å². The second-order valence-electron chi connectivity index (χ2n) is 4.57. The summed E-state index contributed by atoms with van der Waals surface area (Å²) in [5, 5.41) is 3.04. The van der Waals surface area contributed by atoms with Gasteiger partial charge in [0, 0.05) is 13.1 Å². The number of amides is 2. The summed E-state index contributed by atoms with van der Waals surface area (Å²) in [7, 11) is 1.31. The van der Waals surface area contributed by atoms with E-state index in [1.165, 1.54) is 7.11 Å². The van der Waals surface area contributed by atoms with Crippen molar-refractivity contribution in [3.63, 3.8) is 0 Å². The van der Waals surface area contributed by atoms with Gasteiger partial charge in [-0.25, -0.2) is 4.79 Å². The number of halogens is 1. The number of carbonyl (C=O) groups excluding carboxylic acids is 2. The molecule has 20 heavy (non-hydrogen) atoms. The molecular weight excluding hydrogens is 282 g/mol. The van der Waals surface area contributed by atoms with Crippen LogP contribution >= 0.6 is 11.6 Å². The summed E-state index contributed by atoms with van der Waals surface area (Å²) < 4.78 is 4.54. The molecule has 0 aliphatic carbocycles. The molecule has 6 nitrogen and oxygen atoms in total. The van der Waals surface area contributed by atoms with Crippen LogP contribution in [0.25, 0.3) is 0 Å². The van der Waals surface area contributed by atoms with Gasteiger partial charge in [-0.3, -0.25) is 4.79 Å². The van der Waals surface area contributed by atoms with E-state index in [1.807, 2.05) is 0 Å². The highest BCUT2D eigenvalue weighted by atomic mass is 35.5. The molecule has 1 atom stereocenters. The fourth-order valence-electron chi connectivity index (χ4n) is 2.18. The highest BCUT2D eigenvalue weighted by Gasteiger charge is 2.29. The van der Waals surface area contributed by atoms with E-state index in [2.05, 4.69) is 10.1 Å². The van der Waals surface area contributed by atoms with Crippen LogP contribution in [0, 0.1) is 0 Å². The van der Waals surface area contributed by atoms with Gasteiger partial charge in [-0.2, -0.15) is 0 Å². The van der Waals surface area contributed by atoms with E-state index in [4.69, 9.17) is 17.3 Å².